The van der Waals surface area contributed by atoms with Crippen LogP contribution in [0.2, 0.25) is 0 Å². The average Bonchev–Trinajstić information content (AvgIpc) is 2.14. The number of sulfone groups is 1. The Morgan fingerprint density at radius 3 is 2.24 bits per heavy atom. The van der Waals surface area contributed by atoms with Crippen LogP contribution in [-0.4, -0.2) is 25.4 Å². The highest BCUT2D eigenvalue weighted by Gasteiger charge is 2.26. The van der Waals surface area contributed by atoms with Crippen molar-refractivity contribution < 1.29 is 13.5 Å². The van der Waals surface area contributed by atoms with E-state index in [0.717, 1.165) is 5.56 Å². The molecule has 17 heavy (non-hydrogen) atoms. The van der Waals surface area contributed by atoms with Crippen LogP contribution in [0.25, 0.3) is 0 Å². The van der Waals surface area contributed by atoms with E-state index in [-0.39, 0.29) is 11.2 Å². The molecule has 4 heteroatoms. The van der Waals surface area contributed by atoms with Crippen LogP contribution in [0.3, 0.4) is 0 Å². The third kappa shape index (κ3) is 3.54. The van der Waals surface area contributed by atoms with E-state index in [1.807, 2.05) is 32.9 Å². The summed E-state index contributed by atoms with van der Waals surface area (Å²) in [5.41, 5.74) is 0.558. The van der Waals surface area contributed by atoms with Crippen molar-refractivity contribution in [1.82, 2.24) is 0 Å². The lowest BCUT2D eigenvalue weighted by molar-refractivity contribution is 0.218. The molecule has 0 aliphatic carbocycles. The fourth-order valence-electron chi connectivity index (χ4n) is 1.76. The Morgan fingerprint density at radius 1 is 1.24 bits per heavy atom. The van der Waals surface area contributed by atoms with Gasteiger partial charge < -0.3 is 5.11 Å². The summed E-state index contributed by atoms with van der Waals surface area (Å²) in [4.78, 5) is 0.327. The SMILES string of the molecule is CC(O)CS(=O)(=O)c1ccccc1C(C)(C)C. The number of benzene rings is 1. The Kier molecular flexibility index (Phi) is 3.99. The lowest BCUT2D eigenvalue weighted by Gasteiger charge is -2.22. The second kappa shape index (κ2) is 4.78. The van der Waals surface area contributed by atoms with Crippen LogP contribution in [0.5, 0.6) is 0 Å². The normalized spacial score (nSPS) is 14.6. The van der Waals surface area contributed by atoms with Crippen molar-refractivity contribution in [2.45, 2.75) is 44.1 Å². The fraction of sp³-hybridized carbons (Fsp3) is 0.538. The summed E-state index contributed by atoms with van der Waals surface area (Å²) < 4.78 is 24.3. The van der Waals surface area contributed by atoms with Crippen molar-refractivity contribution in [1.29, 1.82) is 0 Å². The zero-order valence-corrected chi connectivity index (χ0v) is 11.6. The molecule has 0 bridgehead atoms. The summed E-state index contributed by atoms with van der Waals surface area (Å²) in [7, 11) is -3.42. The standard InChI is InChI=1S/C13H20O3S/c1-10(14)9-17(15,16)12-8-6-5-7-11(12)13(2,3)4/h5-8,10,14H,9H2,1-4H3. The number of aliphatic hydroxyl groups is 1. The maximum atomic E-state index is 12.2. The number of hydrogen-bond donors (Lipinski definition) is 1. The highest BCUT2D eigenvalue weighted by Crippen LogP contribution is 2.29. The van der Waals surface area contributed by atoms with E-state index in [0.29, 0.717) is 4.90 Å². The van der Waals surface area contributed by atoms with Crippen molar-refractivity contribution in [2.24, 2.45) is 0 Å². The molecule has 0 spiro atoms. The van der Waals surface area contributed by atoms with Crippen molar-refractivity contribution in [3.05, 3.63) is 29.8 Å². The maximum Gasteiger partial charge on any atom is 0.181 e. The fourth-order valence-corrected chi connectivity index (χ4v) is 3.57. The minimum atomic E-state index is -3.42. The Bertz CT molecular complexity index is 482. The molecule has 0 amide bonds. The minimum Gasteiger partial charge on any atom is -0.392 e. The average molecular weight is 256 g/mol. The first-order chi connectivity index (χ1) is 7.64. The van der Waals surface area contributed by atoms with Crippen molar-refractivity contribution >= 4 is 9.84 Å². The van der Waals surface area contributed by atoms with Gasteiger partial charge in [-0.1, -0.05) is 39.0 Å². The number of aliphatic hydroxyl groups excluding tert-OH is 1. The molecule has 0 saturated carbocycles. The van der Waals surface area contributed by atoms with E-state index in [1.54, 1.807) is 12.1 Å². The molecule has 96 valence electrons. The molecule has 1 unspecified atom stereocenters. The maximum absolute atomic E-state index is 12.2. The molecule has 0 aliphatic heterocycles. The van der Waals surface area contributed by atoms with E-state index in [1.165, 1.54) is 6.92 Å². The van der Waals surface area contributed by atoms with Gasteiger partial charge in [0.15, 0.2) is 9.84 Å². The molecule has 0 fully saturated rings. The summed E-state index contributed by atoms with van der Waals surface area (Å²) in [6.07, 6.45) is -0.854. The third-order valence-corrected chi connectivity index (χ3v) is 4.44. The first-order valence-electron chi connectivity index (χ1n) is 5.65. The van der Waals surface area contributed by atoms with Crippen molar-refractivity contribution in [3.63, 3.8) is 0 Å². The third-order valence-electron chi connectivity index (χ3n) is 2.49. The van der Waals surface area contributed by atoms with Crippen LogP contribution in [0, 0.1) is 0 Å². The molecule has 1 rings (SSSR count). The molecule has 0 heterocycles. The van der Waals surface area contributed by atoms with Gasteiger partial charge in [-0.15, -0.1) is 0 Å². The Balaban J connectivity index is 3.33. The second-order valence-corrected chi connectivity index (χ2v) is 7.38. The second-order valence-electron chi connectivity index (χ2n) is 5.38. The van der Waals surface area contributed by atoms with Gasteiger partial charge in [-0.05, 0) is 24.0 Å². The molecule has 1 atom stereocenters. The first kappa shape index (κ1) is 14.2. The van der Waals surface area contributed by atoms with Crippen LogP contribution in [0.1, 0.15) is 33.3 Å². The molecular weight excluding hydrogens is 236 g/mol. The molecule has 3 nitrogen and oxygen atoms in total. The van der Waals surface area contributed by atoms with Gasteiger partial charge in [-0.25, -0.2) is 8.42 Å². The van der Waals surface area contributed by atoms with Gasteiger partial charge in [0.05, 0.1) is 16.8 Å². The van der Waals surface area contributed by atoms with Gasteiger partial charge in [0.2, 0.25) is 0 Å². The lowest BCUT2D eigenvalue weighted by Crippen LogP contribution is -2.22. The van der Waals surface area contributed by atoms with Gasteiger partial charge in [-0.2, -0.15) is 0 Å². The summed E-state index contributed by atoms with van der Waals surface area (Å²) in [5.74, 6) is -0.236. The first-order valence-corrected chi connectivity index (χ1v) is 7.30. The lowest BCUT2D eigenvalue weighted by atomic mass is 9.87. The molecule has 1 aromatic carbocycles. The van der Waals surface area contributed by atoms with Crippen LogP contribution in [0.4, 0.5) is 0 Å². The molecule has 0 saturated heterocycles. The monoisotopic (exact) mass is 256 g/mol. The van der Waals surface area contributed by atoms with Crippen molar-refractivity contribution in [3.8, 4) is 0 Å². The van der Waals surface area contributed by atoms with Crippen LogP contribution >= 0.6 is 0 Å². The highest BCUT2D eigenvalue weighted by molar-refractivity contribution is 7.91. The predicted molar refractivity (Wildman–Crippen MR) is 68.9 cm³/mol. The van der Waals surface area contributed by atoms with Crippen LogP contribution in [-0.2, 0) is 15.3 Å². The summed E-state index contributed by atoms with van der Waals surface area (Å²) in [5, 5.41) is 9.26. The van der Waals surface area contributed by atoms with Gasteiger partial charge in [0.25, 0.3) is 0 Å². The summed E-state index contributed by atoms with van der Waals surface area (Å²) in [6, 6.07) is 6.99. The van der Waals surface area contributed by atoms with Gasteiger partial charge in [-0.3, -0.25) is 0 Å². The van der Waals surface area contributed by atoms with E-state index >= 15 is 0 Å². The van der Waals surface area contributed by atoms with E-state index in [4.69, 9.17) is 0 Å². The molecule has 0 radical (unpaired) electrons. The summed E-state index contributed by atoms with van der Waals surface area (Å²) in [6.45, 7) is 7.41. The Morgan fingerprint density at radius 2 is 1.76 bits per heavy atom. The molecule has 1 N–H and O–H groups in total. The molecule has 1 aromatic rings. The van der Waals surface area contributed by atoms with Crippen molar-refractivity contribution in [2.75, 3.05) is 5.75 Å². The van der Waals surface area contributed by atoms with E-state index in [2.05, 4.69) is 0 Å². The highest BCUT2D eigenvalue weighted by atomic mass is 32.2. The van der Waals surface area contributed by atoms with E-state index < -0.39 is 15.9 Å². The number of rotatable bonds is 3. The molecule has 0 aromatic heterocycles. The predicted octanol–water partition coefficient (Wildman–Crippen LogP) is 2.14. The van der Waals surface area contributed by atoms with Crippen LogP contribution in [0.15, 0.2) is 29.2 Å². The minimum absolute atomic E-state index is 0.234. The van der Waals surface area contributed by atoms with Gasteiger partial charge in [0, 0.05) is 0 Å². The van der Waals surface area contributed by atoms with Gasteiger partial charge >= 0.3 is 0 Å². The number of hydrogen-bond acceptors (Lipinski definition) is 3. The topological polar surface area (TPSA) is 54.4 Å². The van der Waals surface area contributed by atoms with E-state index in [9.17, 15) is 13.5 Å². The Labute approximate surface area is 103 Å². The van der Waals surface area contributed by atoms with Crippen LogP contribution < -0.4 is 0 Å². The quantitative estimate of drug-likeness (QED) is 0.901. The largest absolute Gasteiger partial charge is 0.392 e. The Hall–Kier alpha value is -0.870. The summed E-state index contributed by atoms with van der Waals surface area (Å²) >= 11 is 0. The molecule has 0 aliphatic rings. The zero-order chi connectivity index (χ0) is 13.3. The zero-order valence-electron chi connectivity index (χ0n) is 10.8. The molecular formula is C13H20O3S. The van der Waals surface area contributed by atoms with Gasteiger partial charge in [0.1, 0.15) is 0 Å². The smallest absolute Gasteiger partial charge is 0.181 e.